The van der Waals surface area contributed by atoms with E-state index in [1.54, 1.807) is 0 Å². The van der Waals surface area contributed by atoms with Crippen LogP contribution in [-0.4, -0.2) is 24.1 Å². The summed E-state index contributed by atoms with van der Waals surface area (Å²) in [6.45, 7) is 3.70. The number of thioether (sulfide) groups is 1. The van der Waals surface area contributed by atoms with Gasteiger partial charge >= 0.3 is 0 Å². The Morgan fingerprint density at radius 2 is 1.81 bits per heavy atom. The van der Waals surface area contributed by atoms with E-state index < -0.39 is 0 Å². The molecule has 0 amide bonds. The van der Waals surface area contributed by atoms with E-state index in [2.05, 4.69) is 30.3 Å². The van der Waals surface area contributed by atoms with Crippen molar-refractivity contribution in [3.8, 4) is 0 Å². The number of nitrogens with one attached hydrogen (secondary N) is 1. The van der Waals surface area contributed by atoms with Gasteiger partial charge in [0.1, 0.15) is 0 Å². The fraction of sp³-hybridized carbons (Fsp3) is 1.00. The Morgan fingerprint density at radius 1 is 1.06 bits per heavy atom. The predicted molar refractivity (Wildman–Crippen MR) is 74.1 cm³/mol. The van der Waals surface area contributed by atoms with Gasteiger partial charge in [0.15, 0.2) is 0 Å². The third kappa shape index (κ3) is 3.66. The molecule has 0 spiro atoms. The van der Waals surface area contributed by atoms with Gasteiger partial charge in [-0.15, -0.1) is 0 Å². The third-order valence-electron chi connectivity index (χ3n) is 4.55. The van der Waals surface area contributed by atoms with Gasteiger partial charge in [-0.3, -0.25) is 0 Å². The van der Waals surface area contributed by atoms with Crippen LogP contribution in [0.3, 0.4) is 0 Å². The summed E-state index contributed by atoms with van der Waals surface area (Å²) in [7, 11) is 0. The molecule has 2 rings (SSSR count). The number of rotatable bonds is 4. The summed E-state index contributed by atoms with van der Waals surface area (Å²) in [6.07, 6.45) is 12.4. The molecule has 94 valence electrons. The van der Waals surface area contributed by atoms with Crippen LogP contribution >= 0.6 is 11.8 Å². The average Bonchev–Trinajstić information content (AvgIpc) is 2.76. The summed E-state index contributed by atoms with van der Waals surface area (Å²) >= 11 is 2.06. The molecule has 2 atom stereocenters. The van der Waals surface area contributed by atoms with Crippen molar-refractivity contribution < 1.29 is 0 Å². The highest BCUT2D eigenvalue weighted by atomic mass is 32.2. The van der Waals surface area contributed by atoms with E-state index in [-0.39, 0.29) is 0 Å². The van der Waals surface area contributed by atoms with Gasteiger partial charge in [0.05, 0.1) is 0 Å². The van der Waals surface area contributed by atoms with Crippen LogP contribution in [0.2, 0.25) is 0 Å². The zero-order valence-electron chi connectivity index (χ0n) is 10.9. The highest BCUT2D eigenvalue weighted by molar-refractivity contribution is 7.99. The maximum atomic E-state index is 3.82. The van der Waals surface area contributed by atoms with Gasteiger partial charge < -0.3 is 5.32 Å². The molecule has 0 aliphatic heterocycles. The van der Waals surface area contributed by atoms with Crippen molar-refractivity contribution in [3.05, 3.63) is 0 Å². The quantitative estimate of drug-likeness (QED) is 0.805. The van der Waals surface area contributed by atoms with Gasteiger partial charge in [0, 0.05) is 11.3 Å². The first kappa shape index (κ1) is 12.8. The molecule has 2 heteroatoms. The van der Waals surface area contributed by atoms with Crippen molar-refractivity contribution >= 4 is 11.8 Å². The summed E-state index contributed by atoms with van der Waals surface area (Å²) in [4.78, 5) is 0. The Bertz CT molecular complexity index is 197. The van der Waals surface area contributed by atoms with Crippen molar-refractivity contribution in [1.29, 1.82) is 0 Å². The van der Waals surface area contributed by atoms with Gasteiger partial charge in [-0.25, -0.2) is 0 Å². The molecule has 2 unspecified atom stereocenters. The lowest BCUT2D eigenvalue weighted by atomic mass is 9.83. The number of hydrogen-bond donors (Lipinski definition) is 1. The summed E-state index contributed by atoms with van der Waals surface area (Å²) in [5, 5.41) is 4.75. The molecule has 1 nitrogen and oxygen atoms in total. The molecule has 0 radical (unpaired) electrons. The molecule has 0 heterocycles. The van der Waals surface area contributed by atoms with Crippen molar-refractivity contribution in [1.82, 2.24) is 5.32 Å². The van der Waals surface area contributed by atoms with Crippen LogP contribution in [-0.2, 0) is 0 Å². The van der Waals surface area contributed by atoms with Crippen LogP contribution in [0.4, 0.5) is 0 Å². The SMILES string of the molecule is CSC1CCC(NCC2CCC(C)CC2)C1. The molecule has 0 aromatic rings. The van der Waals surface area contributed by atoms with Gasteiger partial charge in [-0.05, 0) is 56.7 Å². The largest absolute Gasteiger partial charge is 0.314 e. The minimum Gasteiger partial charge on any atom is -0.314 e. The van der Waals surface area contributed by atoms with Crippen LogP contribution in [0.5, 0.6) is 0 Å². The molecular formula is C14H27NS. The third-order valence-corrected chi connectivity index (χ3v) is 5.64. The van der Waals surface area contributed by atoms with E-state index in [0.29, 0.717) is 0 Å². The molecule has 0 aromatic heterocycles. The van der Waals surface area contributed by atoms with Gasteiger partial charge in [0.2, 0.25) is 0 Å². The molecule has 2 aliphatic carbocycles. The summed E-state index contributed by atoms with van der Waals surface area (Å²) in [6, 6.07) is 0.830. The molecule has 2 fully saturated rings. The molecule has 2 saturated carbocycles. The van der Waals surface area contributed by atoms with E-state index in [0.717, 1.165) is 23.1 Å². The Kier molecular flexibility index (Phi) is 5.02. The highest BCUT2D eigenvalue weighted by Gasteiger charge is 2.25. The zero-order valence-corrected chi connectivity index (χ0v) is 11.7. The first-order valence-corrected chi connectivity index (χ1v) is 8.33. The van der Waals surface area contributed by atoms with Gasteiger partial charge in [-0.1, -0.05) is 19.8 Å². The Labute approximate surface area is 105 Å². The predicted octanol–water partition coefficient (Wildman–Crippen LogP) is 3.69. The van der Waals surface area contributed by atoms with Crippen LogP contribution in [0, 0.1) is 11.8 Å². The molecule has 2 aliphatic rings. The maximum Gasteiger partial charge on any atom is 0.00781 e. The standard InChI is InChI=1S/C14H27NS/c1-11-3-5-12(6-4-11)10-15-13-7-8-14(9-13)16-2/h11-15H,3-10H2,1-2H3. The van der Waals surface area contributed by atoms with E-state index in [9.17, 15) is 0 Å². The normalized spacial score (nSPS) is 40.1. The second kappa shape index (κ2) is 6.30. The number of hydrogen-bond acceptors (Lipinski definition) is 2. The van der Waals surface area contributed by atoms with Crippen LogP contribution in [0.15, 0.2) is 0 Å². The first-order valence-electron chi connectivity index (χ1n) is 7.04. The molecule has 16 heavy (non-hydrogen) atoms. The van der Waals surface area contributed by atoms with Crippen molar-refractivity contribution in [2.75, 3.05) is 12.8 Å². The Balaban J connectivity index is 1.61. The summed E-state index contributed by atoms with van der Waals surface area (Å²) in [5.74, 6) is 1.97. The van der Waals surface area contributed by atoms with Crippen LogP contribution in [0.1, 0.15) is 51.9 Å². The van der Waals surface area contributed by atoms with Crippen molar-refractivity contribution in [2.45, 2.75) is 63.2 Å². The van der Waals surface area contributed by atoms with E-state index >= 15 is 0 Å². The second-order valence-electron chi connectivity index (χ2n) is 5.90. The van der Waals surface area contributed by atoms with Crippen molar-refractivity contribution in [2.24, 2.45) is 11.8 Å². The lowest BCUT2D eigenvalue weighted by Gasteiger charge is -2.27. The summed E-state index contributed by atoms with van der Waals surface area (Å²) in [5.41, 5.74) is 0. The minimum atomic E-state index is 0.830. The lowest BCUT2D eigenvalue weighted by Crippen LogP contribution is -2.33. The topological polar surface area (TPSA) is 12.0 Å². The van der Waals surface area contributed by atoms with Crippen molar-refractivity contribution in [3.63, 3.8) is 0 Å². The molecular weight excluding hydrogens is 214 g/mol. The highest BCUT2D eigenvalue weighted by Crippen LogP contribution is 2.30. The maximum absolute atomic E-state index is 3.82. The monoisotopic (exact) mass is 241 g/mol. The first-order chi connectivity index (χ1) is 7.78. The Hall–Kier alpha value is 0.310. The fourth-order valence-corrected chi connectivity index (χ4v) is 4.00. The summed E-state index contributed by atoms with van der Waals surface area (Å²) < 4.78 is 0. The van der Waals surface area contributed by atoms with E-state index in [4.69, 9.17) is 0 Å². The van der Waals surface area contributed by atoms with E-state index in [1.807, 2.05) is 0 Å². The molecule has 1 N–H and O–H groups in total. The smallest absolute Gasteiger partial charge is 0.00781 e. The fourth-order valence-electron chi connectivity index (χ4n) is 3.21. The lowest BCUT2D eigenvalue weighted by molar-refractivity contribution is 0.274. The molecule has 0 saturated heterocycles. The molecule has 0 bridgehead atoms. The van der Waals surface area contributed by atoms with Gasteiger partial charge in [-0.2, -0.15) is 11.8 Å². The molecule has 0 aromatic carbocycles. The van der Waals surface area contributed by atoms with Crippen LogP contribution < -0.4 is 5.32 Å². The van der Waals surface area contributed by atoms with Gasteiger partial charge in [0.25, 0.3) is 0 Å². The average molecular weight is 241 g/mol. The van der Waals surface area contributed by atoms with Crippen LogP contribution in [0.25, 0.3) is 0 Å². The minimum absolute atomic E-state index is 0.830. The zero-order chi connectivity index (χ0) is 11.4. The Morgan fingerprint density at radius 3 is 2.44 bits per heavy atom. The van der Waals surface area contributed by atoms with E-state index in [1.165, 1.54) is 51.5 Å². The second-order valence-corrected chi connectivity index (χ2v) is 7.04.